The Bertz CT molecular complexity index is 971. The zero-order valence-electron chi connectivity index (χ0n) is 16.4. The fourth-order valence-corrected chi connectivity index (χ4v) is 3.61. The Kier molecular flexibility index (Phi) is 5.70. The van der Waals surface area contributed by atoms with Crippen molar-refractivity contribution in [1.29, 1.82) is 0 Å². The zero-order valence-corrected chi connectivity index (χ0v) is 17.2. The number of carbonyl (C=O) groups is 1. The van der Waals surface area contributed by atoms with Gasteiger partial charge >= 0.3 is 5.97 Å². The molecule has 0 radical (unpaired) electrons. The second-order valence-electron chi connectivity index (χ2n) is 7.45. The van der Waals surface area contributed by atoms with Gasteiger partial charge in [0.25, 0.3) is 0 Å². The highest BCUT2D eigenvalue weighted by Crippen LogP contribution is 2.37. The van der Waals surface area contributed by atoms with Crippen molar-refractivity contribution >= 4 is 17.3 Å². The average molecular weight is 397 g/mol. The standard InChI is InChI=1S/C22H23NO4S/c1-22(2,3)18-12-17(26-4)9-10-19(18)27-16-7-5-14(6-8-16)21-23-15(13-28-21)11-20(24)25/h5-10,12-13H,11H2,1-4H3,(H,24,25). The van der Waals surface area contributed by atoms with Crippen LogP contribution in [0.4, 0.5) is 0 Å². The molecule has 0 spiro atoms. The highest BCUT2D eigenvalue weighted by atomic mass is 32.1. The molecule has 0 aliphatic heterocycles. The Morgan fingerprint density at radius 2 is 1.79 bits per heavy atom. The van der Waals surface area contributed by atoms with Crippen LogP contribution in [0.2, 0.25) is 0 Å². The summed E-state index contributed by atoms with van der Waals surface area (Å²) in [6.07, 6.45) is -0.0647. The fraction of sp³-hybridized carbons (Fsp3) is 0.273. The van der Waals surface area contributed by atoms with Gasteiger partial charge in [0.2, 0.25) is 0 Å². The van der Waals surface area contributed by atoms with Crippen LogP contribution >= 0.6 is 11.3 Å². The summed E-state index contributed by atoms with van der Waals surface area (Å²) in [6.45, 7) is 6.40. The number of aromatic nitrogens is 1. The van der Waals surface area contributed by atoms with Gasteiger partial charge in [-0.3, -0.25) is 4.79 Å². The summed E-state index contributed by atoms with van der Waals surface area (Å²) in [6, 6.07) is 13.5. The average Bonchev–Trinajstić information content (AvgIpc) is 3.09. The quantitative estimate of drug-likeness (QED) is 0.592. The van der Waals surface area contributed by atoms with Crippen molar-refractivity contribution in [3.05, 3.63) is 59.1 Å². The maximum Gasteiger partial charge on any atom is 0.309 e. The maximum absolute atomic E-state index is 10.8. The van der Waals surface area contributed by atoms with E-state index in [0.717, 1.165) is 33.4 Å². The number of rotatable bonds is 6. The second kappa shape index (κ2) is 8.02. The molecule has 1 heterocycles. The SMILES string of the molecule is COc1ccc(Oc2ccc(-c3nc(CC(=O)O)cs3)cc2)c(C(C)(C)C)c1. The van der Waals surface area contributed by atoms with E-state index in [1.807, 2.05) is 42.5 Å². The molecular formula is C22H23NO4S. The molecule has 1 aromatic heterocycles. The summed E-state index contributed by atoms with van der Waals surface area (Å²) in [5.41, 5.74) is 2.47. The van der Waals surface area contributed by atoms with E-state index in [0.29, 0.717) is 5.69 Å². The summed E-state index contributed by atoms with van der Waals surface area (Å²) in [7, 11) is 1.65. The van der Waals surface area contributed by atoms with Crippen molar-refractivity contribution in [2.45, 2.75) is 32.6 Å². The number of carboxylic acid groups (broad SMARTS) is 1. The Labute approximate surface area is 168 Å². The van der Waals surface area contributed by atoms with Crippen molar-refractivity contribution in [3.8, 4) is 27.8 Å². The molecule has 1 N–H and O–H groups in total. The van der Waals surface area contributed by atoms with Gasteiger partial charge in [-0.1, -0.05) is 20.8 Å². The van der Waals surface area contributed by atoms with Crippen molar-refractivity contribution < 1.29 is 19.4 Å². The minimum absolute atomic E-state index is 0.0647. The Morgan fingerprint density at radius 1 is 1.11 bits per heavy atom. The van der Waals surface area contributed by atoms with Gasteiger partial charge in [0.15, 0.2) is 0 Å². The largest absolute Gasteiger partial charge is 0.497 e. The number of hydrogen-bond donors (Lipinski definition) is 1. The molecule has 6 heteroatoms. The molecule has 0 saturated heterocycles. The summed E-state index contributed by atoms with van der Waals surface area (Å²) in [4.78, 5) is 15.2. The smallest absolute Gasteiger partial charge is 0.309 e. The first-order valence-electron chi connectivity index (χ1n) is 8.89. The molecule has 0 atom stereocenters. The lowest BCUT2D eigenvalue weighted by atomic mass is 9.86. The van der Waals surface area contributed by atoms with E-state index in [9.17, 15) is 4.79 Å². The number of ether oxygens (including phenoxy) is 2. The third kappa shape index (κ3) is 4.70. The predicted molar refractivity (Wildman–Crippen MR) is 111 cm³/mol. The molecule has 0 amide bonds. The first-order chi connectivity index (χ1) is 13.3. The number of nitrogens with zero attached hydrogens (tertiary/aromatic N) is 1. The van der Waals surface area contributed by atoms with E-state index in [-0.39, 0.29) is 11.8 Å². The summed E-state index contributed by atoms with van der Waals surface area (Å²) in [5.74, 6) is 1.43. The normalized spacial score (nSPS) is 11.3. The first kappa shape index (κ1) is 19.9. The van der Waals surface area contributed by atoms with E-state index in [1.54, 1.807) is 12.5 Å². The van der Waals surface area contributed by atoms with Gasteiger partial charge in [-0.05, 0) is 47.9 Å². The molecule has 5 nitrogen and oxygen atoms in total. The van der Waals surface area contributed by atoms with Crippen LogP contribution in [0.1, 0.15) is 32.0 Å². The number of carboxylic acids is 1. The van der Waals surface area contributed by atoms with E-state index in [1.165, 1.54) is 11.3 Å². The third-order valence-electron chi connectivity index (χ3n) is 4.21. The van der Waals surface area contributed by atoms with Crippen molar-refractivity contribution in [3.63, 3.8) is 0 Å². The van der Waals surface area contributed by atoms with E-state index in [2.05, 4.69) is 25.8 Å². The Balaban J connectivity index is 1.81. The van der Waals surface area contributed by atoms with Crippen LogP contribution in [0.25, 0.3) is 10.6 Å². The monoisotopic (exact) mass is 397 g/mol. The van der Waals surface area contributed by atoms with Crippen molar-refractivity contribution in [2.75, 3.05) is 7.11 Å². The van der Waals surface area contributed by atoms with Crippen LogP contribution in [-0.4, -0.2) is 23.2 Å². The molecule has 3 aromatic rings. The minimum Gasteiger partial charge on any atom is -0.497 e. The Morgan fingerprint density at radius 3 is 2.39 bits per heavy atom. The van der Waals surface area contributed by atoms with Gasteiger partial charge in [0.1, 0.15) is 22.3 Å². The minimum atomic E-state index is -0.880. The first-order valence-corrected chi connectivity index (χ1v) is 9.77. The summed E-state index contributed by atoms with van der Waals surface area (Å²) >= 11 is 1.44. The van der Waals surface area contributed by atoms with E-state index >= 15 is 0 Å². The molecule has 0 unspecified atom stereocenters. The highest BCUT2D eigenvalue weighted by molar-refractivity contribution is 7.13. The number of hydrogen-bond acceptors (Lipinski definition) is 5. The van der Waals surface area contributed by atoms with E-state index in [4.69, 9.17) is 14.6 Å². The van der Waals surface area contributed by atoms with E-state index < -0.39 is 5.97 Å². The number of methoxy groups -OCH3 is 1. The molecule has 0 aliphatic carbocycles. The number of benzene rings is 2. The molecule has 0 saturated carbocycles. The number of thiazole rings is 1. The van der Waals surface area contributed by atoms with Crippen LogP contribution in [0.3, 0.4) is 0 Å². The van der Waals surface area contributed by atoms with Crippen molar-refractivity contribution in [1.82, 2.24) is 4.98 Å². The lowest BCUT2D eigenvalue weighted by molar-refractivity contribution is -0.136. The lowest BCUT2D eigenvalue weighted by Gasteiger charge is -2.23. The third-order valence-corrected chi connectivity index (χ3v) is 5.15. The van der Waals surface area contributed by atoms with Crippen LogP contribution in [0.5, 0.6) is 17.2 Å². The molecule has 28 heavy (non-hydrogen) atoms. The second-order valence-corrected chi connectivity index (χ2v) is 8.31. The van der Waals surface area contributed by atoms with Gasteiger partial charge in [-0.2, -0.15) is 0 Å². The molecule has 0 aliphatic rings. The maximum atomic E-state index is 10.8. The Hall–Kier alpha value is -2.86. The highest BCUT2D eigenvalue weighted by Gasteiger charge is 2.20. The van der Waals surface area contributed by atoms with Crippen molar-refractivity contribution in [2.24, 2.45) is 0 Å². The predicted octanol–water partition coefficient (Wildman–Crippen LogP) is 5.54. The fourth-order valence-electron chi connectivity index (χ4n) is 2.78. The van der Waals surface area contributed by atoms with Gasteiger partial charge in [0, 0.05) is 16.5 Å². The van der Waals surface area contributed by atoms with Crippen LogP contribution in [0, 0.1) is 0 Å². The van der Waals surface area contributed by atoms with Crippen LogP contribution in [-0.2, 0) is 16.6 Å². The molecule has 146 valence electrons. The molecule has 2 aromatic carbocycles. The van der Waals surface area contributed by atoms with Gasteiger partial charge in [-0.15, -0.1) is 11.3 Å². The summed E-state index contributed by atoms with van der Waals surface area (Å²) < 4.78 is 11.5. The number of aliphatic carboxylic acids is 1. The summed E-state index contributed by atoms with van der Waals surface area (Å²) in [5, 5.41) is 11.4. The van der Waals surface area contributed by atoms with Crippen LogP contribution < -0.4 is 9.47 Å². The lowest BCUT2D eigenvalue weighted by Crippen LogP contribution is -2.12. The van der Waals surface area contributed by atoms with Gasteiger partial charge in [-0.25, -0.2) is 4.98 Å². The van der Waals surface area contributed by atoms with Gasteiger partial charge in [0.05, 0.1) is 19.2 Å². The van der Waals surface area contributed by atoms with Crippen LogP contribution in [0.15, 0.2) is 47.8 Å². The molecule has 3 rings (SSSR count). The molecule has 0 fully saturated rings. The molecular weight excluding hydrogens is 374 g/mol. The zero-order chi connectivity index (χ0) is 20.3. The topological polar surface area (TPSA) is 68.7 Å². The molecule has 0 bridgehead atoms. The van der Waals surface area contributed by atoms with Gasteiger partial charge < -0.3 is 14.6 Å².